The molecule has 0 aromatic heterocycles. The van der Waals surface area contributed by atoms with Crippen LogP contribution in [0.1, 0.15) is 19.3 Å². The first-order chi connectivity index (χ1) is 10.7. The fraction of sp³-hybridized carbons (Fsp3) is 0.600. The molecule has 0 radical (unpaired) electrons. The number of piperidine rings is 1. The number of carbonyl (C=O) groups excluding carboxylic acids is 3. The Morgan fingerprint density at radius 2 is 2.09 bits per heavy atom. The number of nitrogens with one attached hydrogen (secondary N) is 2. The normalized spacial score (nSPS) is 23.4. The third-order valence-electron chi connectivity index (χ3n) is 3.36. The molecule has 12 nitrogen and oxygen atoms in total. The van der Waals surface area contributed by atoms with E-state index in [1.807, 2.05) is 5.43 Å². The number of urea groups is 1. The summed E-state index contributed by atoms with van der Waals surface area (Å²) in [7, 11) is -4.85. The van der Waals surface area contributed by atoms with Crippen LogP contribution in [0.25, 0.3) is 0 Å². The number of amides is 4. The highest BCUT2D eigenvalue weighted by molar-refractivity contribution is 7.80. The topological polar surface area (TPSA) is 169 Å². The van der Waals surface area contributed by atoms with Crippen LogP contribution in [-0.4, -0.2) is 59.4 Å². The van der Waals surface area contributed by atoms with E-state index in [1.54, 1.807) is 6.07 Å². The maximum absolute atomic E-state index is 12.1. The fourth-order valence-electron chi connectivity index (χ4n) is 2.43. The van der Waals surface area contributed by atoms with E-state index in [0.29, 0.717) is 5.06 Å². The van der Waals surface area contributed by atoms with Gasteiger partial charge in [0.1, 0.15) is 12.5 Å². The van der Waals surface area contributed by atoms with Crippen LogP contribution in [0.4, 0.5) is 4.79 Å². The zero-order valence-corrected chi connectivity index (χ0v) is 12.4. The van der Waals surface area contributed by atoms with Crippen molar-refractivity contribution in [1.82, 2.24) is 20.8 Å². The molecule has 2 fully saturated rings. The number of hydroxylamine groups is 2. The molecule has 4 amide bonds. The summed E-state index contributed by atoms with van der Waals surface area (Å²) in [5.74, 6) is -1.39. The van der Waals surface area contributed by atoms with E-state index in [9.17, 15) is 22.8 Å². The van der Waals surface area contributed by atoms with Crippen molar-refractivity contribution >= 4 is 28.2 Å². The molecule has 2 aliphatic heterocycles. The van der Waals surface area contributed by atoms with Crippen molar-refractivity contribution < 1.29 is 31.6 Å². The Kier molecular flexibility index (Phi) is 4.68. The van der Waals surface area contributed by atoms with Gasteiger partial charge in [0.05, 0.1) is 12.1 Å². The predicted molar refractivity (Wildman–Crippen MR) is 69.9 cm³/mol. The summed E-state index contributed by atoms with van der Waals surface area (Å²) in [6, 6.07) is -0.824. The summed E-state index contributed by atoms with van der Waals surface area (Å²) >= 11 is 0. The van der Waals surface area contributed by atoms with Crippen molar-refractivity contribution in [3.63, 3.8) is 0 Å². The highest BCUT2D eigenvalue weighted by Gasteiger charge is 2.49. The number of hydrogen-bond donors (Lipinski definition) is 3. The Bertz CT molecular complexity index is 672. The third-order valence-corrected chi connectivity index (χ3v) is 3.71. The van der Waals surface area contributed by atoms with Gasteiger partial charge in [0.25, 0.3) is 11.8 Å². The number of nitriles is 1. The van der Waals surface area contributed by atoms with Crippen LogP contribution in [-0.2, 0) is 24.3 Å². The van der Waals surface area contributed by atoms with E-state index in [-0.39, 0.29) is 19.4 Å². The molecule has 2 atom stereocenters. The van der Waals surface area contributed by atoms with Gasteiger partial charge in [0.15, 0.2) is 0 Å². The molecule has 0 saturated carbocycles. The van der Waals surface area contributed by atoms with Gasteiger partial charge in [-0.05, 0) is 12.8 Å². The van der Waals surface area contributed by atoms with E-state index in [2.05, 4.69) is 9.71 Å². The maximum Gasteiger partial charge on any atom is 0.418 e. The van der Waals surface area contributed by atoms with Crippen LogP contribution in [0, 0.1) is 11.3 Å². The van der Waals surface area contributed by atoms with Gasteiger partial charge in [-0.2, -0.15) is 18.7 Å². The first kappa shape index (κ1) is 16.9. The largest absolute Gasteiger partial charge is 0.418 e. The molecule has 2 bridgehead atoms. The molecular formula is C10H13N5O7S. The zero-order valence-electron chi connectivity index (χ0n) is 11.6. The van der Waals surface area contributed by atoms with Crippen LogP contribution in [0.2, 0.25) is 0 Å². The zero-order chi connectivity index (χ0) is 17.2. The Labute approximate surface area is 130 Å². The van der Waals surface area contributed by atoms with E-state index in [1.165, 1.54) is 0 Å². The number of fused-ring (bicyclic) bond motifs is 2. The van der Waals surface area contributed by atoms with Crippen LogP contribution in [0.5, 0.6) is 0 Å². The number of nitrogens with zero attached hydrogens (tertiary/aromatic N) is 3. The molecule has 13 heteroatoms. The van der Waals surface area contributed by atoms with Gasteiger partial charge in [-0.3, -0.25) is 25.0 Å². The molecule has 126 valence electrons. The second kappa shape index (κ2) is 6.36. The van der Waals surface area contributed by atoms with Crippen molar-refractivity contribution in [2.24, 2.45) is 0 Å². The molecule has 0 spiro atoms. The lowest BCUT2D eigenvalue weighted by Gasteiger charge is -2.29. The average Bonchev–Trinajstić information content (AvgIpc) is 2.69. The quantitative estimate of drug-likeness (QED) is 0.389. The summed E-state index contributed by atoms with van der Waals surface area (Å²) in [5.41, 5.74) is 4.12. The van der Waals surface area contributed by atoms with Gasteiger partial charge in [0, 0.05) is 6.54 Å². The third kappa shape index (κ3) is 3.86. The number of hydrogen-bond acceptors (Lipinski definition) is 7. The van der Waals surface area contributed by atoms with Crippen LogP contribution < -0.4 is 10.9 Å². The van der Waals surface area contributed by atoms with Gasteiger partial charge in [-0.1, -0.05) is 0 Å². The summed E-state index contributed by atoms with van der Waals surface area (Å²) in [5, 5.41) is 8.84. The van der Waals surface area contributed by atoms with Gasteiger partial charge < -0.3 is 4.90 Å². The van der Waals surface area contributed by atoms with Crippen molar-refractivity contribution in [2.75, 3.05) is 6.54 Å². The second-order valence-electron chi connectivity index (χ2n) is 4.88. The minimum absolute atomic E-state index is 0.0403. The minimum atomic E-state index is -4.85. The van der Waals surface area contributed by atoms with Gasteiger partial charge in [0.2, 0.25) is 0 Å². The lowest BCUT2D eigenvalue weighted by Crippen LogP contribution is -2.54. The molecular weight excluding hydrogens is 334 g/mol. The number of carbonyl (C=O) groups is 3. The van der Waals surface area contributed by atoms with Gasteiger partial charge >= 0.3 is 16.4 Å². The Morgan fingerprint density at radius 1 is 1.39 bits per heavy atom. The van der Waals surface area contributed by atoms with Crippen molar-refractivity contribution in [1.29, 1.82) is 5.26 Å². The monoisotopic (exact) mass is 347 g/mol. The Balaban J connectivity index is 2.00. The number of hydrazine groups is 1. The predicted octanol–water partition coefficient (Wildman–Crippen LogP) is -1.95. The first-order valence-electron chi connectivity index (χ1n) is 6.45. The molecule has 0 aromatic carbocycles. The smallest absolute Gasteiger partial charge is 0.309 e. The van der Waals surface area contributed by atoms with E-state index < -0.39 is 46.7 Å². The summed E-state index contributed by atoms with van der Waals surface area (Å²) < 4.78 is 34.4. The lowest BCUT2D eigenvalue weighted by atomic mass is 10.0. The molecule has 0 aliphatic carbocycles. The molecule has 2 saturated heterocycles. The summed E-state index contributed by atoms with van der Waals surface area (Å²) in [6.45, 7) is 0.0403. The first-order valence-corrected chi connectivity index (χ1v) is 7.82. The maximum atomic E-state index is 12.1. The molecule has 2 heterocycles. The standard InChI is InChI=1S/C10H13N5O7S/c11-4-3-8(16)12-13-9(17)7-2-1-6-5-14(7)10(18)15(6)22-23(19,20)21/h6-7H,1-3,5H2,(H,12,16)(H,13,17)(H,19,20,21)/t6?,7-/m0/s1. The fourth-order valence-corrected chi connectivity index (χ4v) is 2.82. The Hall–Kier alpha value is -2.43. The van der Waals surface area contributed by atoms with Crippen LogP contribution in [0.3, 0.4) is 0 Å². The highest BCUT2D eigenvalue weighted by atomic mass is 32.3. The van der Waals surface area contributed by atoms with Gasteiger partial charge in [-0.15, -0.1) is 4.28 Å². The molecule has 0 aromatic rings. The van der Waals surface area contributed by atoms with E-state index >= 15 is 0 Å². The van der Waals surface area contributed by atoms with E-state index in [0.717, 1.165) is 4.90 Å². The van der Waals surface area contributed by atoms with Crippen LogP contribution >= 0.6 is 0 Å². The second-order valence-corrected chi connectivity index (χ2v) is 5.89. The molecule has 2 rings (SSSR count). The highest BCUT2D eigenvalue weighted by Crippen LogP contribution is 2.30. The molecule has 23 heavy (non-hydrogen) atoms. The van der Waals surface area contributed by atoms with Crippen molar-refractivity contribution in [3.05, 3.63) is 0 Å². The Morgan fingerprint density at radius 3 is 2.70 bits per heavy atom. The summed E-state index contributed by atoms with van der Waals surface area (Å²) in [4.78, 5) is 36.2. The van der Waals surface area contributed by atoms with Crippen molar-refractivity contribution in [3.8, 4) is 6.07 Å². The SMILES string of the molecule is N#CCC(=O)NNC(=O)[C@@H]1CCC2CN1C(=O)N2OS(=O)(=O)O. The van der Waals surface area contributed by atoms with Crippen LogP contribution in [0.15, 0.2) is 0 Å². The van der Waals surface area contributed by atoms with E-state index in [4.69, 9.17) is 9.81 Å². The van der Waals surface area contributed by atoms with Crippen molar-refractivity contribution in [2.45, 2.75) is 31.3 Å². The molecule has 1 unspecified atom stereocenters. The summed E-state index contributed by atoms with van der Waals surface area (Å²) in [6.07, 6.45) is 0.0370. The number of rotatable bonds is 4. The molecule has 3 N–H and O–H groups in total. The molecule has 2 aliphatic rings. The van der Waals surface area contributed by atoms with Gasteiger partial charge in [-0.25, -0.2) is 4.79 Å². The average molecular weight is 347 g/mol. The lowest BCUT2D eigenvalue weighted by molar-refractivity contribution is -0.131. The minimum Gasteiger partial charge on any atom is -0.309 e.